The summed E-state index contributed by atoms with van der Waals surface area (Å²) in [6.45, 7) is 3.69. The maximum Gasteiger partial charge on any atom is 0.141 e. The molecule has 0 radical (unpaired) electrons. The molecular weight excluding hydrogens is 418 g/mol. The van der Waals surface area contributed by atoms with E-state index < -0.39 is 0 Å². The molecule has 0 fully saturated rings. The van der Waals surface area contributed by atoms with Gasteiger partial charge in [-0.05, 0) is 62.4 Å². The van der Waals surface area contributed by atoms with Gasteiger partial charge in [-0.25, -0.2) is 9.97 Å². The molecule has 2 N–H and O–H groups in total. The second-order valence-electron chi connectivity index (χ2n) is 6.19. The molecule has 4 aromatic rings. The van der Waals surface area contributed by atoms with Gasteiger partial charge in [0.1, 0.15) is 22.5 Å². The van der Waals surface area contributed by atoms with Gasteiger partial charge in [-0.15, -0.1) is 0 Å². The minimum absolute atomic E-state index is 0. The summed E-state index contributed by atoms with van der Waals surface area (Å²) in [6.07, 6.45) is 0. The zero-order valence-electron chi connectivity index (χ0n) is 16.0. The minimum Gasteiger partial charge on any atom is -0.506 e. The van der Waals surface area contributed by atoms with E-state index in [1.54, 1.807) is 24.3 Å². The molecule has 7 heteroatoms. The van der Waals surface area contributed by atoms with Crippen LogP contribution < -0.4 is 0 Å². The van der Waals surface area contributed by atoms with Crippen LogP contribution >= 0.6 is 0 Å². The van der Waals surface area contributed by atoms with Crippen molar-refractivity contribution in [2.45, 2.75) is 13.8 Å². The van der Waals surface area contributed by atoms with Gasteiger partial charge in [0, 0.05) is 41.6 Å². The standard InChI is InChI=1S/2C11H8N2O.Zn/c2*1-7-2-4-9-8(6-12)3-5-10(14)11(9)13-7;/h2*2-5,14H,1H3;. The molecule has 0 spiro atoms. The molecule has 0 aliphatic carbocycles. The number of hydrogen-bond donors (Lipinski definition) is 2. The number of pyridine rings is 2. The third kappa shape index (κ3) is 4.48. The number of hydrogen-bond acceptors (Lipinski definition) is 6. The average Bonchev–Trinajstić information content (AvgIpc) is 2.70. The summed E-state index contributed by atoms with van der Waals surface area (Å²) in [5, 5.41) is 38.1. The van der Waals surface area contributed by atoms with Crippen LogP contribution in [0.5, 0.6) is 11.5 Å². The van der Waals surface area contributed by atoms with Crippen LogP contribution in [0.4, 0.5) is 0 Å². The van der Waals surface area contributed by atoms with Crippen molar-refractivity contribution in [1.82, 2.24) is 9.97 Å². The Hall–Kier alpha value is -3.54. The first kappa shape index (κ1) is 21.8. The maximum atomic E-state index is 9.54. The number of phenolic OH excluding ortho intramolecular Hbond substituents is 2. The number of fused-ring (bicyclic) bond motifs is 2. The summed E-state index contributed by atoms with van der Waals surface area (Å²) in [5.74, 6) is 0.227. The van der Waals surface area contributed by atoms with Crippen LogP contribution in [0, 0.1) is 36.5 Å². The summed E-state index contributed by atoms with van der Waals surface area (Å²) in [6, 6.07) is 17.5. The number of nitriles is 2. The van der Waals surface area contributed by atoms with E-state index >= 15 is 0 Å². The molecule has 0 saturated heterocycles. The molecule has 6 nitrogen and oxygen atoms in total. The van der Waals surface area contributed by atoms with Gasteiger partial charge in [0.25, 0.3) is 0 Å². The minimum atomic E-state index is 0. The first-order chi connectivity index (χ1) is 13.4. The predicted molar refractivity (Wildman–Crippen MR) is 106 cm³/mol. The zero-order chi connectivity index (χ0) is 20.3. The van der Waals surface area contributed by atoms with E-state index in [-0.39, 0.29) is 31.0 Å². The fraction of sp³-hybridized carbons (Fsp3) is 0.0909. The molecule has 0 aliphatic rings. The van der Waals surface area contributed by atoms with Gasteiger partial charge in [-0.3, -0.25) is 0 Å². The van der Waals surface area contributed by atoms with Crippen LogP contribution in [0.2, 0.25) is 0 Å². The van der Waals surface area contributed by atoms with Crippen molar-refractivity contribution in [3.8, 4) is 23.6 Å². The number of nitrogens with zero attached hydrogens (tertiary/aromatic N) is 4. The second kappa shape index (κ2) is 9.10. The van der Waals surface area contributed by atoms with E-state index in [0.717, 1.165) is 11.4 Å². The van der Waals surface area contributed by atoms with E-state index in [2.05, 4.69) is 22.1 Å². The van der Waals surface area contributed by atoms with Crippen molar-refractivity contribution >= 4 is 21.8 Å². The van der Waals surface area contributed by atoms with Crippen LogP contribution in [0.15, 0.2) is 48.5 Å². The fourth-order valence-electron chi connectivity index (χ4n) is 2.80. The molecule has 0 bridgehead atoms. The summed E-state index contributed by atoms with van der Waals surface area (Å²) < 4.78 is 0. The number of phenols is 2. The molecule has 0 aliphatic heterocycles. The number of aromatic nitrogens is 2. The number of aryl methyl sites for hydroxylation is 2. The SMILES string of the molecule is Cc1ccc2c(C#N)ccc(O)c2n1.Cc1ccc2c(C#N)ccc(O)c2n1.[Zn]. The van der Waals surface area contributed by atoms with Crippen molar-refractivity contribution in [2.24, 2.45) is 0 Å². The van der Waals surface area contributed by atoms with Crippen molar-refractivity contribution in [3.05, 3.63) is 71.0 Å². The van der Waals surface area contributed by atoms with Crippen LogP contribution in [0.1, 0.15) is 22.5 Å². The Balaban J connectivity index is 0.000000200. The van der Waals surface area contributed by atoms with Crippen molar-refractivity contribution in [2.75, 3.05) is 0 Å². The smallest absolute Gasteiger partial charge is 0.141 e. The van der Waals surface area contributed by atoms with Crippen LogP contribution in [0.25, 0.3) is 21.8 Å². The summed E-state index contributed by atoms with van der Waals surface area (Å²) >= 11 is 0. The van der Waals surface area contributed by atoms with Crippen LogP contribution in [-0.4, -0.2) is 20.2 Å². The first-order valence-electron chi connectivity index (χ1n) is 8.43. The summed E-state index contributed by atoms with van der Waals surface area (Å²) in [5.41, 5.74) is 3.69. The summed E-state index contributed by atoms with van der Waals surface area (Å²) in [7, 11) is 0. The maximum absolute atomic E-state index is 9.54. The van der Waals surface area contributed by atoms with E-state index in [9.17, 15) is 10.2 Å². The quantitative estimate of drug-likeness (QED) is 0.401. The van der Waals surface area contributed by atoms with E-state index in [4.69, 9.17) is 10.5 Å². The molecule has 29 heavy (non-hydrogen) atoms. The van der Waals surface area contributed by atoms with Crippen LogP contribution in [0.3, 0.4) is 0 Å². The van der Waals surface area contributed by atoms with Gasteiger partial charge in [0.2, 0.25) is 0 Å². The molecule has 0 amide bonds. The van der Waals surface area contributed by atoms with Gasteiger partial charge in [-0.1, -0.05) is 0 Å². The third-order valence-corrected chi connectivity index (χ3v) is 4.19. The Morgan fingerprint density at radius 1 is 0.655 bits per heavy atom. The monoisotopic (exact) mass is 432 g/mol. The topological polar surface area (TPSA) is 114 Å². The Bertz CT molecular complexity index is 1190. The molecular formula is C22H16N4O2Zn. The summed E-state index contributed by atoms with van der Waals surface area (Å²) in [4.78, 5) is 8.37. The van der Waals surface area contributed by atoms with Gasteiger partial charge in [0.15, 0.2) is 0 Å². The third-order valence-electron chi connectivity index (χ3n) is 4.19. The van der Waals surface area contributed by atoms with Crippen molar-refractivity contribution in [3.63, 3.8) is 0 Å². The van der Waals surface area contributed by atoms with Gasteiger partial charge in [-0.2, -0.15) is 10.5 Å². The molecule has 138 valence electrons. The molecule has 4 rings (SSSR count). The Morgan fingerprint density at radius 3 is 1.38 bits per heavy atom. The van der Waals surface area contributed by atoms with Gasteiger partial charge >= 0.3 is 0 Å². The first-order valence-corrected chi connectivity index (χ1v) is 8.43. The number of benzene rings is 2. The zero-order valence-corrected chi connectivity index (χ0v) is 19.0. The fourth-order valence-corrected chi connectivity index (χ4v) is 2.80. The Morgan fingerprint density at radius 2 is 1.03 bits per heavy atom. The largest absolute Gasteiger partial charge is 0.506 e. The number of aromatic hydroxyl groups is 2. The molecule has 0 saturated carbocycles. The van der Waals surface area contributed by atoms with E-state index in [0.29, 0.717) is 32.9 Å². The van der Waals surface area contributed by atoms with Crippen molar-refractivity contribution in [1.29, 1.82) is 10.5 Å². The van der Waals surface area contributed by atoms with Crippen LogP contribution in [-0.2, 0) is 19.5 Å². The van der Waals surface area contributed by atoms with Gasteiger partial charge in [0.05, 0.1) is 23.3 Å². The molecule has 0 unspecified atom stereocenters. The molecule has 0 atom stereocenters. The molecule has 2 heterocycles. The molecule has 2 aromatic heterocycles. The molecule has 2 aromatic carbocycles. The number of rotatable bonds is 0. The van der Waals surface area contributed by atoms with Crippen molar-refractivity contribution < 1.29 is 29.7 Å². The van der Waals surface area contributed by atoms with E-state index in [1.165, 1.54) is 12.1 Å². The Kier molecular flexibility index (Phi) is 6.83. The average molecular weight is 434 g/mol. The Labute approximate surface area is 180 Å². The second-order valence-corrected chi connectivity index (χ2v) is 6.19. The predicted octanol–water partition coefficient (Wildman–Crippen LogP) is 4.24. The normalized spacial score (nSPS) is 9.66. The van der Waals surface area contributed by atoms with E-state index in [1.807, 2.05) is 26.0 Å². The van der Waals surface area contributed by atoms with Gasteiger partial charge < -0.3 is 10.2 Å².